The van der Waals surface area contributed by atoms with Crippen LogP contribution in [-0.4, -0.2) is 10.9 Å². The highest BCUT2D eigenvalue weighted by Crippen LogP contribution is 2.31. The zero-order valence-corrected chi connectivity index (χ0v) is 16.8. The summed E-state index contributed by atoms with van der Waals surface area (Å²) in [5, 5.41) is 5.94. The fourth-order valence-electron chi connectivity index (χ4n) is 2.78. The number of nitrogens with zero attached hydrogens (tertiary/aromatic N) is 1. The van der Waals surface area contributed by atoms with Crippen molar-refractivity contribution < 1.29 is 9.53 Å². The molecule has 1 amide bonds. The topological polar surface area (TPSA) is 51.2 Å². The minimum atomic E-state index is -0.0572. The van der Waals surface area contributed by atoms with Crippen LogP contribution >= 0.6 is 22.7 Å². The molecule has 140 valence electrons. The maximum absolute atomic E-state index is 12.5. The zero-order chi connectivity index (χ0) is 19.3. The second-order valence-corrected chi connectivity index (χ2v) is 8.38. The van der Waals surface area contributed by atoms with Gasteiger partial charge >= 0.3 is 0 Å². The smallest absolute Gasteiger partial charge is 0.229 e. The predicted octanol–water partition coefficient (Wildman–Crippen LogP) is 6.15. The molecule has 0 radical (unpaired) electrons. The van der Waals surface area contributed by atoms with Gasteiger partial charge in [-0.25, -0.2) is 4.98 Å². The number of thiophene rings is 1. The third kappa shape index (κ3) is 4.47. The van der Waals surface area contributed by atoms with Crippen LogP contribution in [0.3, 0.4) is 0 Å². The molecule has 0 unspecified atom stereocenters. The summed E-state index contributed by atoms with van der Waals surface area (Å²) in [7, 11) is 0. The molecule has 0 aliphatic carbocycles. The van der Waals surface area contributed by atoms with E-state index in [2.05, 4.69) is 10.3 Å². The number of amides is 1. The number of carbonyl (C=O) groups is 1. The molecule has 4 aromatic rings. The number of thiazole rings is 1. The molecule has 2 aromatic carbocycles. The minimum absolute atomic E-state index is 0.0572. The summed E-state index contributed by atoms with van der Waals surface area (Å²) in [5.41, 5.74) is 1.66. The highest BCUT2D eigenvalue weighted by Gasteiger charge is 2.15. The van der Waals surface area contributed by atoms with Gasteiger partial charge in [-0.1, -0.05) is 24.3 Å². The molecule has 0 saturated carbocycles. The van der Waals surface area contributed by atoms with Gasteiger partial charge in [0.05, 0.1) is 22.0 Å². The number of hydrogen-bond acceptors (Lipinski definition) is 5. The summed E-state index contributed by atoms with van der Waals surface area (Å²) in [4.78, 5) is 19.2. The molecule has 0 fully saturated rings. The fraction of sp³-hybridized carbons (Fsp3) is 0.0909. The van der Waals surface area contributed by atoms with Crippen molar-refractivity contribution in [2.75, 3.05) is 5.32 Å². The van der Waals surface area contributed by atoms with Gasteiger partial charge in [-0.3, -0.25) is 4.79 Å². The normalized spacial score (nSPS) is 10.6. The lowest BCUT2D eigenvalue weighted by Crippen LogP contribution is -2.14. The van der Waals surface area contributed by atoms with Gasteiger partial charge in [0, 0.05) is 10.6 Å². The van der Waals surface area contributed by atoms with Crippen molar-refractivity contribution in [3.63, 3.8) is 0 Å². The number of rotatable bonds is 6. The van der Waals surface area contributed by atoms with Crippen molar-refractivity contribution in [3.8, 4) is 22.1 Å². The first-order valence-electron chi connectivity index (χ1n) is 8.80. The third-order valence-corrected chi connectivity index (χ3v) is 5.84. The number of ether oxygens (including phenoxy) is 1. The van der Waals surface area contributed by atoms with E-state index in [1.807, 2.05) is 79.0 Å². The van der Waals surface area contributed by atoms with E-state index in [0.717, 1.165) is 37.6 Å². The van der Waals surface area contributed by atoms with E-state index < -0.39 is 0 Å². The number of aromatic nitrogens is 1. The molecule has 0 spiro atoms. The Morgan fingerprint density at radius 3 is 2.46 bits per heavy atom. The molecule has 28 heavy (non-hydrogen) atoms. The van der Waals surface area contributed by atoms with Gasteiger partial charge < -0.3 is 10.1 Å². The lowest BCUT2D eigenvalue weighted by atomic mass is 10.2. The number of nitrogens with one attached hydrogen (secondary N) is 1. The van der Waals surface area contributed by atoms with Crippen LogP contribution < -0.4 is 10.1 Å². The largest absolute Gasteiger partial charge is 0.457 e. The number of anilines is 1. The quantitative estimate of drug-likeness (QED) is 0.418. The Bertz CT molecular complexity index is 1060. The maximum atomic E-state index is 12.5. The van der Waals surface area contributed by atoms with Crippen LogP contribution in [0, 0.1) is 6.92 Å². The van der Waals surface area contributed by atoms with Crippen molar-refractivity contribution in [3.05, 3.63) is 82.0 Å². The Morgan fingerprint density at radius 1 is 1.00 bits per heavy atom. The highest BCUT2D eigenvalue weighted by molar-refractivity contribution is 7.15. The summed E-state index contributed by atoms with van der Waals surface area (Å²) in [5.74, 6) is 1.45. The van der Waals surface area contributed by atoms with E-state index in [1.165, 1.54) is 0 Å². The molecule has 4 rings (SSSR count). The first kappa shape index (κ1) is 18.4. The molecule has 4 nitrogen and oxygen atoms in total. The minimum Gasteiger partial charge on any atom is -0.457 e. The molecule has 0 bridgehead atoms. The number of carbonyl (C=O) groups excluding carboxylic acids is 1. The fourth-order valence-corrected chi connectivity index (χ4v) is 4.53. The molecular weight excluding hydrogens is 388 g/mol. The summed E-state index contributed by atoms with van der Waals surface area (Å²) in [6, 6.07) is 21.0. The van der Waals surface area contributed by atoms with Crippen molar-refractivity contribution in [2.45, 2.75) is 13.3 Å². The van der Waals surface area contributed by atoms with Crippen LogP contribution in [0.4, 0.5) is 5.69 Å². The van der Waals surface area contributed by atoms with Crippen LogP contribution in [0.5, 0.6) is 11.5 Å². The molecule has 1 N–H and O–H groups in total. The van der Waals surface area contributed by atoms with Crippen molar-refractivity contribution in [1.82, 2.24) is 4.98 Å². The van der Waals surface area contributed by atoms with Crippen LogP contribution in [0.25, 0.3) is 10.6 Å². The Morgan fingerprint density at radius 2 is 1.75 bits per heavy atom. The van der Waals surface area contributed by atoms with Crippen molar-refractivity contribution in [1.29, 1.82) is 0 Å². The first-order chi connectivity index (χ1) is 13.7. The number of hydrogen-bond donors (Lipinski definition) is 1. The van der Waals surface area contributed by atoms with Gasteiger partial charge in [0.25, 0.3) is 0 Å². The van der Waals surface area contributed by atoms with Crippen molar-refractivity contribution >= 4 is 34.3 Å². The van der Waals surface area contributed by atoms with Gasteiger partial charge in [-0.15, -0.1) is 22.7 Å². The Balaban J connectivity index is 1.41. The van der Waals surface area contributed by atoms with Gasteiger partial charge in [0.1, 0.15) is 11.5 Å². The molecule has 0 saturated heterocycles. The number of benzene rings is 2. The summed E-state index contributed by atoms with van der Waals surface area (Å²) in [6.45, 7) is 1.97. The van der Waals surface area contributed by atoms with Crippen LogP contribution in [0.1, 0.15) is 9.88 Å². The predicted molar refractivity (Wildman–Crippen MR) is 115 cm³/mol. The Kier molecular flexibility index (Phi) is 5.50. The van der Waals surface area contributed by atoms with E-state index in [1.54, 1.807) is 22.7 Å². The molecule has 0 aliphatic rings. The highest BCUT2D eigenvalue weighted by atomic mass is 32.1. The van der Waals surface area contributed by atoms with Crippen molar-refractivity contribution in [2.24, 2.45) is 0 Å². The van der Waals surface area contributed by atoms with E-state index in [4.69, 9.17) is 4.74 Å². The van der Waals surface area contributed by atoms with E-state index >= 15 is 0 Å². The standard InChI is InChI=1S/C22H18N2O2S2/c1-15-23-22(19-8-5-13-27-19)20(28-15)14-21(25)24-16-9-11-18(12-10-16)26-17-6-3-2-4-7-17/h2-13H,14H2,1H3,(H,24,25). The second-order valence-electron chi connectivity index (χ2n) is 6.15. The van der Waals surface area contributed by atoms with Gasteiger partial charge in [0.15, 0.2) is 0 Å². The second kappa shape index (κ2) is 8.37. The van der Waals surface area contributed by atoms with Crippen LogP contribution in [0.2, 0.25) is 0 Å². The van der Waals surface area contributed by atoms with Gasteiger partial charge in [0.2, 0.25) is 5.91 Å². The van der Waals surface area contributed by atoms with E-state index in [9.17, 15) is 4.79 Å². The number of aryl methyl sites for hydroxylation is 1. The molecule has 6 heteroatoms. The van der Waals surface area contributed by atoms with E-state index in [0.29, 0.717) is 6.42 Å². The van der Waals surface area contributed by atoms with Gasteiger partial charge in [-0.2, -0.15) is 0 Å². The SMILES string of the molecule is Cc1nc(-c2cccs2)c(CC(=O)Nc2ccc(Oc3ccccc3)cc2)s1. The molecular formula is C22H18N2O2S2. The molecule has 0 aliphatic heterocycles. The third-order valence-electron chi connectivity index (χ3n) is 4.00. The molecule has 2 heterocycles. The van der Waals surface area contributed by atoms with E-state index in [-0.39, 0.29) is 5.91 Å². The van der Waals surface area contributed by atoms with Gasteiger partial charge in [-0.05, 0) is 54.8 Å². The Hall–Kier alpha value is -2.96. The monoisotopic (exact) mass is 406 g/mol. The zero-order valence-electron chi connectivity index (χ0n) is 15.2. The average molecular weight is 407 g/mol. The lowest BCUT2D eigenvalue weighted by molar-refractivity contribution is -0.115. The first-order valence-corrected chi connectivity index (χ1v) is 10.5. The number of para-hydroxylation sites is 1. The van der Waals surface area contributed by atoms with Crippen LogP contribution in [0.15, 0.2) is 72.1 Å². The summed E-state index contributed by atoms with van der Waals surface area (Å²) in [6.07, 6.45) is 0.307. The molecule has 2 aromatic heterocycles. The summed E-state index contributed by atoms with van der Waals surface area (Å²) < 4.78 is 5.78. The Labute approximate surface area is 171 Å². The summed E-state index contributed by atoms with van der Waals surface area (Å²) >= 11 is 3.21. The average Bonchev–Trinajstić information content (AvgIpc) is 3.34. The molecule has 0 atom stereocenters. The van der Waals surface area contributed by atoms with Crippen LogP contribution in [-0.2, 0) is 11.2 Å². The lowest BCUT2D eigenvalue weighted by Gasteiger charge is -2.08. The maximum Gasteiger partial charge on any atom is 0.229 e.